The molecule has 0 unspecified atom stereocenters. The van der Waals surface area contributed by atoms with E-state index in [1.807, 2.05) is 63.2 Å². The van der Waals surface area contributed by atoms with E-state index in [4.69, 9.17) is 0 Å². The van der Waals surface area contributed by atoms with Crippen molar-refractivity contribution in [2.45, 2.75) is 106 Å². The first kappa shape index (κ1) is 48.6. The molecular weight excluding hydrogens is 970 g/mol. The minimum Gasteiger partial charge on any atom is -0.512 e. The number of aromatic nitrogens is 1. The van der Waals surface area contributed by atoms with Gasteiger partial charge in [0.2, 0.25) is 0 Å². The van der Waals surface area contributed by atoms with Crippen molar-refractivity contribution < 1.29 is 69.5 Å². The molecule has 0 amide bonds. The molecule has 2 aromatic heterocycles. The molecule has 0 fully saturated rings. The van der Waals surface area contributed by atoms with Crippen molar-refractivity contribution in [3.63, 3.8) is 0 Å². The molecule has 5 rings (SSSR count). The summed E-state index contributed by atoms with van der Waals surface area (Å²) in [7, 11) is 0. The number of ketones is 1. The van der Waals surface area contributed by atoms with Gasteiger partial charge in [-0.25, -0.2) is 0 Å². The van der Waals surface area contributed by atoms with E-state index >= 15 is 0 Å². The number of benzene rings is 3. The minimum atomic E-state index is -5.55. The topological polar surface area (TPSA) is 50.2 Å². The van der Waals surface area contributed by atoms with Gasteiger partial charge in [0.25, 0.3) is 0 Å². The zero-order chi connectivity index (χ0) is 43.4. The van der Waals surface area contributed by atoms with E-state index in [1.165, 1.54) is 11.3 Å². The zero-order valence-electron chi connectivity index (χ0n) is 33.8. The molecular formula is C44H45F9IrNO2S-. The summed E-state index contributed by atoms with van der Waals surface area (Å²) in [5.41, 5.74) is 2.17. The van der Waals surface area contributed by atoms with Gasteiger partial charge in [-0.3, -0.25) is 9.78 Å². The average molecular weight is 1020 g/mol. The first-order valence-electron chi connectivity index (χ1n) is 18.0. The maximum Gasteiger partial charge on any atom is 0.404 e. The maximum absolute atomic E-state index is 14.1. The third-order valence-electron chi connectivity index (χ3n) is 9.89. The van der Waals surface area contributed by atoms with E-state index in [9.17, 15) is 49.4 Å². The Labute approximate surface area is 350 Å². The summed E-state index contributed by atoms with van der Waals surface area (Å²) >= 11 is 1.19. The molecule has 0 saturated heterocycles. The molecule has 3 nitrogen and oxygen atoms in total. The molecule has 2 heterocycles. The van der Waals surface area contributed by atoms with E-state index in [1.54, 1.807) is 20.8 Å². The quantitative estimate of drug-likeness (QED) is 0.0798. The number of aryl methyl sites for hydroxylation is 4. The van der Waals surface area contributed by atoms with Crippen LogP contribution >= 0.6 is 11.3 Å². The number of carbonyl (C=O) groups excluding carboxylic acids is 1. The summed E-state index contributed by atoms with van der Waals surface area (Å²) in [5.74, 6) is -5.50. The third kappa shape index (κ3) is 9.99. The number of halogens is 9. The van der Waals surface area contributed by atoms with Gasteiger partial charge in [-0.1, -0.05) is 81.5 Å². The summed E-state index contributed by atoms with van der Waals surface area (Å²) in [6.45, 7) is 18.3. The van der Waals surface area contributed by atoms with E-state index < -0.39 is 41.2 Å². The van der Waals surface area contributed by atoms with E-state index in [-0.39, 0.29) is 47.3 Å². The number of aliphatic hydroxyl groups is 1. The third-order valence-corrected chi connectivity index (χ3v) is 11.2. The van der Waals surface area contributed by atoms with Gasteiger partial charge in [0.05, 0.1) is 5.76 Å². The van der Waals surface area contributed by atoms with Gasteiger partial charge in [-0.05, 0) is 80.2 Å². The number of fused-ring (bicyclic) bond motifs is 2. The van der Waals surface area contributed by atoms with Crippen LogP contribution in [0.15, 0.2) is 60.5 Å². The van der Waals surface area contributed by atoms with E-state index in [0.29, 0.717) is 27.8 Å². The number of hydrogen-bond donors (Lipinski definition) is 1. The normalized spacial score (nSPS) is 13.2. The summed E-state index contributed by atoms with van der Waals surface area (Å²) in [5, 5.41) is 10.9. The summed E-state index contributed by atoms with van der Waals surface area (Å²) < 4.78 is 122. The molecule has 0 bridgehead atoms. The average Bonchev–Trinajstić information content (AvgIpc) is 3.38. The molecule has 317 valence electrons. The van der Waals surface area contributed by atoms with Crippen molar-refractivity contribution in [2.75, 3.05) is 0 Å². The van der Waals surface area contributed by atoms with Crippen molar-refractivity contribution >= 4 is 38.0 Å². The fourth-order valence-electron chi connectivity index (χ4n) is 6.61. The van der Waals surface area contributed by atoms with Crippen molar-refractivity contribution in [3.05, 3.63) is 99.9 Å². The molecule has 1 N–H and O–H groups in total. The molecule has 1 radical (unpaired) electrons. The maximum atomic E-state index is 14.1. The molecule has 3 aromatic carbocycles. The Bertz CT molecular complexity index is 2310. The predicted molar refractivity (Wildman–Crippen MR) is 210 cm³/mol. The Morgan fingerprint density at radius 3 is 1.86 bits per heavy atom. The Hall–Kier alpha value is -3.74. The Kier molecular flexibility index (Phi) is 14.3. The van der Waals surface area contributed by atoms with Gasteiger partial charge in [0, 0.05) is 53.6 Å². The van der Waals surface area contributed by atoms with Crippen LogP contribution in [-0.2, 0) is 30.3 Å². The number of alkyl halides is 9. The second-order valence-electron chi connectivity index (χ2n) is 16.2. The summed E-state index contributed by atoms with van der Waals surface area (Å²) in [6, 6.07) is 16.9. The molecule has 58 heavy (non-hydrogen) atoms. The van der Waals surface area contributed by atoms with Crippen LogP contribution in [0, 0.1) is 45.1 Å². The van der Waals surface area contributed by atoms with Crippen molar-refractivity contribution in [2.24, 2.45) is 11.3 Å². The number of aliphatic hydroxyl groups excluding tert-OH is 1. The molecule has 0 spiro atoms. The van der Waals surface area contributed by atoms with Gasteiger partial charge in [-0.15, -0.1) is 40.5 Å². The number of carbonyl (C=O) groups is 1. The SMILES string of the molecule is CC(C)/C(O)=C/C(=O)C(C)(C)C(F)(F)F.Cc1cc(C)c(-c2sc3c(-c4[c-]c5ccccc5c(C(C)(C)C)c4)ncc(C(C(F)(F)F)C(F)(F)F)c3c2C)c(C)c1.[Ir]. The molecule has 0 saturated carbocycles. The molecule has 0 aliphatic heterocycles. The number of nitrogens with zero attached hydrogens (tertiary/aromatic N) is 1. The minimum absolute atomic E-state index is 0. The number of pyridine rings is 1. The predicted octanol–water partition coefficient (Wildman–Crippen LogP) is 14.6. The van der Waals surface area contributed by atoms with Crippen LogP contribution < -0.4 is 0 Å². The molecule has 0 aliphatic rings. The van der Waals surface area contributed by atoms with Gasteiger partial charge >= 0.3 is 18.5 Å². The van der Waals surface area contributed by atoms with Crippen LogP contribution in [-0.4, -0.2) is 34.4 Å². The van der Waals surface area contributed by atoms with Crippen molar-refractivity contribution in [3.8, 4) is 21.7 Å². The zero-order valence-corrected chi connectivity index (χ0v) is 37.0. The number of thiophene rings is 1. The molecule has 5 aromatic rings. The molecule has 14 heteroatoms. The summed E-state index contributed by atoms with van der Waals surface area (Å²) in [6.07, 6.45) is -14.3. The van der Waals surface area contributed by atoms with Gasteiger partial charge < -0.3 is 5.11 Å². The Morgan fingerprint density at radius 2 is 1.38 bits per heavy atom. The van der Waals surface area contributed by atoms with Gasteiger partial charge in [0.1, 0.15) is 5.41 Å². The van der Waals surface area contributed by atoms with Crippen LogP contribution in [0.3, 0.4) is 0 Å². The summed E-state index contributed by atoms with van der Waals surface area (Å²) in [4.78, 5) is 16.2. The van der Waals surface area contributed by atoms with Crippen LogP contribution in [0.2, 0.25) is 0 Å². The Balaban J connectivity index is 0.000000480. The van der Waals surface area contributed by atoms with Crippen LogP contribution in [0.25, 0.3) is 42.6 Å². The largest absolute Gasteiger partial charge is 0.512 e. The number of allylic oxidation sites excluding steroid dienone is 2. The fraction of sp³-hybridized carbons (Fsp3) is 0.409. The second kappa shape index (κ2) is 17.1. The van der Waals surface area contributed by atoms with Gasteiger partial charge in [0.15, 0.2) is 11.7 Å². The van der Waals surface area contributed by atoms with E-state index in [0.717, 1.165) is 58.6 Å². The first-order valence-corrected chi connectivity index (χ1v) is 18.8. The number of rotatable bonds is 6. The monoisotopic (exact) mass is 1020 g/mol. The van der Waals surface area contributed by atoms with Crippen LogP contribution in [0.5, 0.6) is 0 Å². The fourth-order valence-corrected chi connectivity index (χ4v) is 8.13. The van der Waals surface area contributed by atoms with Crippen LogP contribution in [0.1, 0.15) is 87.8 Å². The van der Waals surface area contributed by atoms with E-state index in [2.05, 4.69) is 31.8 Å². The standard InChI is InChI=1S/C34H30F6NS.C10H15F3O2.Ir/c1-17-12-18(2)26(19(3)13-17)29-20(4)27-24(31(33(35,36)37)34(38,39)40)16-41-28(30(27)42-29)22-14-21-10-8-9-11-23(21)25(15-22)32(5,6)7;1-6(2)7(14)5-8(15)9(3,4)10(11,12)13;/h8-13,15-16,31H,1-7H3;5-6,14H,1-4H3;/q-1;;/b;7-5-;. The second-order valence-corrected chi connectivity index (χ2v) is 17.2. The molecule has 0 aliphatic carbocycles. The van der Waals surface area contributed by atoms with Crippen molar-refractivity contribution in [1.29, 1.82) is 0 Å². The first-order chi connectivity index (χ1) is 25.9. The van der Waals surface area contributed by atoms with Crippen molar-refractivity contribution in [1.82, 2.24) is 4.98 Å². The van der Waals surface area contributed by atoms with Gasteiger partial charge in [-0.2, -0.15) is 39.5 Å². The number of hydrogen-bond acceptors (Lipinski definition) is 4. The Morgan fingerprint density at radius 1 is 0.845 bits per heavy atom. The molecule has 0 atom stereocenters. The smallest absolute Gasteiger partial charge is 0.404 e. The van der Waals surface area contributed by atoms with Crippen LogP contribution in [0.4, 0.5) is 39.5 Å².